The summed E-state index contributed by atoms with van der Waals surface area (Å²) in [5.41, 5.74) is 4.74. The molecule has 1 aliphatic rings. The number of halogens is 1. The lowest BCUT2D eigenvalue weighted by atomic mass is 10.2. The predicted molar refractivity (Wildman–Crippen MR) is 33.0 cm³/mol. The number of ketones is 1. The number of rotatable bonds is 0. The molecular formula is C4H7ClN2O2. The lowest BCUT2D eigenvalue weighted by molar-refractivity contribution is -0.131. The molecule has 0 aromatic carbocycles. The number of Topliss-reactive ketones (excluding diaryl/α,β-unsaturated/α-hetero) is 1. The molecule has 0 aromatic rings. The molecule has 1 amide bonds. The van der Waals surface area contributed by atoms with Crippen molar-refractivity contribution in [2.75, 3.05) is 6.54 Å². The van der Waals surface area contributed by atoms with Crippen molar-refractivity contribution in [1.29, 1.82) is 0 Å². The normalized spacial score (nSPS) is 18.2. The third kappa shape index (κ3) is 2.43. The van der Waals surface area contributed by atoms with E-state index in [4.69, 9.17) is 0 Å². The van der Waals surface area contributed by atoms with Gasteiger partial charge in [-0.1, -0.05) is 0 Å². The molecule has 2 N–H and O–H groups in total. The third-order valence-corrected chi connectivity index (χ3v) is 0.871. The van der Waals surface area contributed by atoms with E-state index in [0.29, 0.717) is 0 Å². The van der Waals surface area contributed by atoms with Gasteiger partial charge in [-0.15, -0.1) is 12.4 Å². The first-order valence-corrected chi connectivity index (χ1v) is 2.32. The van der Waals surface area contributed by atoms with Crippen molar-refractivity contribution in [3.63, 3.8) is 0 Å². The Morgan fingerprint density at radius 1 is 1.33 bits per heavy atom. The molecule has 0 unspecified atom stereocenters. The van der Waals surface area contributed by atoms with E-state index in [9.17, 15) is 9.59 Å². The molecule has 0 spiro atoms. The van der Waals surface area contributed by atoms with Crippen LogP contribution in [0.2, 0.25) is 0 Å². The monoisotopic (exact) mass is 150 g/mol. The van der Waals surface area contributed by atoms with Gasteiger partial charge < -0.3 is 0 Å². The molecule has 1 rings (SSSR count). The SMILES string of the molecule is Cl.O=C1CNNC(=O)C1. The molecule has 0 radical (unpaired) electrons. The summed E-state index contributed by atoms with van der Waals surface area (Å²) in [7, 11) is 0. The first-order valence-electron chi connectivity index (χ1n) is 2.32. The van der Waals surface area contributed by atoms with Gasteiger partial charge in [0.2, 0.25) is 5.91 Å². The summed E-state index contributed by atoms with van der Waals surface area (Å²) in [6.45, 7) is 0.256. The summed E-state index contributed by atoms with van der Waals surface area (Å²) in [5, 5.41) is 0. The fourth-order valence-electron chi connectivity index (χ4n) is 0.527. The van der Waals surface area contributed by atoms with Gasteiger partial charge in [-0.3, -0.25) is 15.0 Å². The lowest BCUT2D eigenvalue weighted by Gasteiger charge is -2.10. The Morgan fingerprint density at radius 2 is 2.00 bits per heavy atom. The Bertz CT molecular complexity index is 123. The summed E-state index contributed by atoms with van der Waals surface area (Å²) >= 11 is 0. The fraction of sp³-hybridized carbons (Fsp3) is 0.500. The van der Waals surface area contributed by atoms with Crippen molar-refractivity contribution in [2.24, 2.45) is 0 Å². The minimum absolute atomic E-state index is 0. The van der Waals surface area contributed by atoms with Gasteiger partial charge in [0.1, 0.15) is 0 Å². The Hall–Kier alpha value is -0.610. The number of carbonyl (C=O) groups is 2. The molecule has 4 nitrogen and oxygen atoms in total. The summed E-state index contributed by atoms with van der Waals surface area (Å²) in [6, 6.07) is 0. The van der Waals surface area contributed by atoms with E-state index >= 15 is 0 Å². The summed E-state index contributed by atoms with van der Waals surface area (Å²) in [5.74, 6) is -0.310. The third-order valence-electron chi connectivity index (χ3n) is 0.871. The van der Waals surface area contributed by atoms with E-state index in [-0.39, 0.29) is 37.1 Å². The van der Waals surface area contributed by atoms with Crippen LogP contribution in [-0.2, 0) is 9.59 Å². The highest BCUT2D eigenvalue weighted by molar-refractivity contribution is 6.00. The number of amides is 1. The van der Waals surface area contributed by atoms with Gasteiger partial charge in [-0.25, -0.2) is 5.43 Å². The van der Waals surface area contributed by atoms with Crippen LogP contribution in [0.25, 0.3) is 0 Å². The zero-order valence-corrected chi connectivity index (χ0v) is 5.46. The quantitative estimate of drug-likeness (QED) is 0.436. The van der Waals surface area contributed by atoms with Crippen molar-refractivity contribution in [3.05, 3.63) is 0 Å². The van der Waals surface area contributed by atoms with Crippen molar-refractivity contribution in [2.45, 2.75) is 6.42 Å². The van der Waals surface area contributed by atoms with Crippen molar-refractivity contribution in [3.8, 4) is 0 Å². The predicted octanol–water partition coefficient (Wildman–Crippen LogP) is -0.998. The lowest BCUT2D eigenvalue weighted by Crippen LogP contribution is -2.47. The highest BCUT2D eigenvalue weighted by Gasteiger charge is 2.13. The van der Waals surface area contributed by atoms with Crippen LogP contribution in [-0.4, -0.2) is 18.2 Å². The minimum Gasteiger partial charge on any atom is -0.298 e. The molecule has 0 atom stereocenters. The molecule has 1 heterocycles. The highest BCUT2D eigenvalue weighted by atomic mass is 35.5. The Morgan fingerprint density at radius 3 is 2.33 bits per heavy atom. The van der Waals surface area contributed by atoms with Crippen molar-refractivity contribution >= 4 is 24.1 Å². The van der Waals surface area contributed by atoms with E-state index in [1.165, 1.54) is 0 Å². The molecule has 0 bridgehead atoms. The van der Waals surface area contributed by atoms with E-state index in [1.807, 2.05) is 0 Å². The number of hydrogen-bond acceptors (Lipinski definition) is 3. The second-order valence-corrected chi connectivity index (χ2v) is 1.62. The maximum Gasteiger partial charge on any atom is 0.241 e. The topological polar surface area (TPSA) is 58.2 Å². The first-order chi connectivity index (χ1) is 3.79. The maximum absolute atomic E-state index is 10.4. The molecule has 5 heteroatoms. The second kappa shape index (κ2) is 3.42. The average Bonchev–Trinajstić information content (AvgIpc) is 1.64. The van der Waals surface area contributed by atoms with Crippen LogP contribution in [0, 0.1) is 0 Å². The largest absolute Gasteiger partial charge is 0.298 e. The molecular weight excluding hydrogens is 144 g/mol. The Balaban J connectivity index is 0.000000640. The number of hydrazine groups is 1. The molecule has 52 valence electrons. The zero-order chi connectivity index (χ0) is 5.98. The van der Waals surface area contributed by atoms with Crippen LogP contribution in [0.3, 0.4) is 0 Å². The Kier molecular flexibility index (Phi) is 3.19. The minimum atomic E-state index is -0.249. The number of nitrogens with one attached hydrogen (secondary N) is 2. The van der Waals surface area contributed by atoms with Crippen LogP contribution >= 0.6 is 12.4 Å². The van der Waals surface area contributed by atoms with Crippen molar-refractivity contribution < 1.29 is 9.59 Å². The smallest absolute Gasteiger partial charge is 0.241 e. The molecule has 9 heavy (non-hydrogen) atoms. The molecule has 1 saturated heterocycles. The van der Waals surface area contributed by atoms with Crippen molar-refractivity contribution in [1.82, 2.24) is 10.9 Å². The van der Waals surface area contributed by atoms with Crippen LogP contribution in [0.5, 0.6) is 0 Å². The first kappa shape index (κ1) is 8.39. The van der Waals surface area contributed by atoms with Gasteiger partial charge >= 0.3 is 0 Å². The van der Waals surface area contributed by atoms with E-state index < -0.39 is 0 Å². The summed E-state index contributed by atoms with van der Waals surface area (Å²) in [6.07, 6.45) is 0.0208. The average molecular weight is 151 g/mol. The second-order valence-electron chi connectivity index (χ2n) is 1.62. The number of carbonyl (C=O) groups excluding carboxylic acids is 2. The highest BCUT2D eigenvalue weighted by Crippen LogP contribution is 1.84. The molecule has 0 aromatic heterocycles. The van der Waals surface area contributed by atoms with E-state index in [2.05, 4.69) is 10.9 Å². The van der Waals surface area contributed by atoms with Gasteiger partial charge in [0.05, 0.1) is 13.0 Å². The molecule has 1 aliphatic heterocycles. The molecule has 1 fully saturated rings. The fourth-order valence-corrected chi connectivity index (χ4v) is 0.527. The number of hydrogen-bond donors (Lipinski definition) is 2. The van der Waals surface area contributed by atoms with Gasteiger partial charge in [0.15, 0.2) is 5.78 Å². The van der Waals surface area contributed by atoms with Gasteiger partial charge in [-0.2, -0.15) is 0 Å². The van der Waals surface area contributed by atoms with Gasteiger partial charge in [-0.05, 0) is 0 Å². The van der Waals surface area contributed by atoms with Crippen LogP contribution < -0.4 is 10.9 Å². The van der Waals surface area contributed by atoms with E-state index in [0.717, 1.165) is 0 Å². The summed E-state index contributed by atoms with van der Waals surface area (Å²) in [4.78, 5) is 20.6. The van der Waals surface area contributed by atoms with Gasteiger partial charge in [0, 0.05) is 0 Å². The van der Waals surface area contributed by atoms with Crippen LogP contribution in [0.1, 0.15) is 6.42 Å². The summed E-state index contributed by atoms with van der Waals surface area (Å²) < 4.78 is 0. The molecule has 0 aliphatic carbocycles. The van der Waals surface area contributed by atoms with Gasteiger partial charge in [0.25, 0.3) is 0 Å². The standard InChI is InChI=1S/C4H6N2O2.ClH/c7-3-1-4(8)6-5-2-3;/h5H,1-2H2,(H,6,8);1H. The van der Waals surface area contributed by atoms with E-state index in [1.54, 1.807) is 0 Å². The maximum atomic E-state index is 10.4. The zero-order valence-electron chi connectivity index (χ0n) is 4.64. The van der Waals surface area contributed by atoms with Crippen LogP contribution in [0.4, 0.5) is 0 Å². The Labute approximate surface area is 58.4 Å². The van der Waals surface area contributed by atoms with Crippen LogP contribution in [0.15, 0.2) is 0 Å². The molecule has 0 saturated carbocycles.